The lowest BCUT2D eigenvalue weighted by atomic mass is 9.91. The lowest BCUT2D eigenvalue weighted by Gasteiger charge is -2.28. The van der Waals surface area contributed by atoms with Crippen molar-refractivity contribution < 1.29 is 0 Å². The molecule has 0 saturated heterocycles. The van der Waals surface area contributed by atoms with E-state index >= 15 is 0 Å². The summed E-state index contributed by atoms with van der Waals surface area (Å²) in [6.07, 6.45) is 9.05. The van der Waals surface area contributed by atoms with Crippen molar-refractivity contribution in [2.24, 2.45) is 7.05 Å². The maximum absolute atomic E-state index is 2.50. The summed E-state index contributed by atoms with van der Waals surface area (Å²) in [7, 11) is 2.18. The summed E-state index contributed by atoms with van der Waals surface area (Å²) in [6, 6.07) is 34.9. The van der Waals surface area contributed by atoms with Crippen molar-refractivity contribution in [2.45, 2.75) is 32.7 Å². The first-order valence-corrected chi connectivity index (χ1v) is 12.9. The van der Waals surface area contributed by atoms with Crippen LogP contribution in [0.3, 0.4) is 0 Å². The molecule has 0 fully saturated rings. The summed E-state index contributed by atoms with van der Waals surface area (Å²) in [5.41, 5.74) is 7.93. The van der Waals surface area contributed by atoms with Gasteiger partial charge in [-0.3, -0.25) is 0 Å². The van der Waals surface area contributed by atoms with Crippen LogP contribution in [0.5, 0.6) is 0 Å². The van der Waals surface area contributed by atoms with Crippen LogP contribution in [0, 0.1) is 6.92 Å². The maximum atomic E-state index is 2.50. The molecule has 0 spiro atoms. The van der Waals surface area contributed by atoms with Crippen molar-refractivity contribution in [3.05, 3.63) is 132 Å². The van der Waals surface area contributed by atoms with E-state index in [1.54, 1.807) is 0 Å². The van der Waals surface area contributed by atoms with Gasteiger partial charge in [0.15, 0.2) is 0 Å². The SMILES string of the molecule is CC.Cc1ccccc1.Cn1c2ccccc2c2cc3c(cc21)C1C=CC=CC1N3c1ccccc1. The number of para-hydroxylation sites is 2. The Kier molecular flexibility index (Phi) is 6.77. The molecule has 180 valence electrons. The highest BCUT2D eigenvalue weighted by Gasteiger charge is 2.37. The first-order valence-electron chi connectivity index (χ1n) is 12.9. The summed E-state index contributed by atoms with van der Waals surface area (Å²) in [4.78, 5) is 2.50. The molecule has 2 atom stereocenters. The van der Waals surface area contributed by atoms with Gasteiger partial charge in [-0.25, -0.2) is 0 Å². The highest BCUT2D eigenvalue weighted by Crippen LogP contribution is 2.49. The van der Waals surface area contributed by atoms with E-state index in [2.05, 4.69) is 127 Å². The number of aryl methyl sites for hydroxylation is 2. The van der Waals surface area contributed by atoms with Gasteiger partial charge >= 0.3 is 0 Å². The molecule has 4 aromatic carbocycles. The molecular weight excluding hydrogens is 436 g/mol. The van der Waals surface area contributed by atoms with Crippen LogP contribution in [-0.4, -0.2) is 10.6 Å². The molecule has 0 amide bonds. The molecule has 0 saturated carbocycles. The van der Waals surface area contributed by atoms with Crippen molar-refractivity contribution in [1.29, 1.82) is 0 Å². The molecule has 0 bridgehead atoms. The number of allylic oxidation sites excluding steroid dienone is 2. The average molecular weight is 471 g/mol. The average Bonchev–Trinajstić information content (AvgIpc) is 3.42. The van der Waals surface area contributed by atoms with Crippen LogP contribution in [0.4, 0.5) is 11.4 Å². The number of anilines is 2. The molecule has 2 heteroatoms. The van der Waals surface area contributed by atoms with Gasteiger partial charge in [0, 0.05) is 46.1 Å². The number of benzene rings is 4. The van der Waals surface area contributed by atoms with Gasteiger partial charge < -0.3 is 9.47 Å². The fraction of sp³-hybridized carbons (Fsp3) is 0.176. The summed E-state index contributed by atoms with van der Waals surface area (Å²) in [5, 5.41) is 2.66. The van der Waals surface area contributed by atoms with Gasteiger partial charge in [0.25, 0.3) is 0 Å². The molecule has 2 aliphatic rings. The van der Waals surface area contributed by atoms with Crippen LogP contribution in [0.25, 0.3) is 21.8 Å². The van der Waals surface area contributed by atoms with E-state index in [9.17, 15) is 0 Å². The largest absolute Gasteiger partial charge is 0.344 e. The molecule has 7 rings (SSSR count). The van der Waals surface area contributed by atoms with Crippen LogP contribution in [0.15, 0.2) is 121 Å². The van der Waals surface area contributed by atoms with Crippen LogP contribution < -0.4 is 4.90 Å². The minimum absolute atomic E-state index is 0.343. The van der Waals surface area contributed by atoms with Gasteiger partial charge in [-0.1, -0.05) is 110 Å². The third-order valence-electron chi connectivity index (χ3n) is 7.06. The lowest BCUT2D eigenvalue weighted by Crippen LogP contribution is -2.28. The first-order chi connectivity index (χ1) is 17.7. The number of rotatable bonds is 1. The number of aromatic nitrogens is 1. The summed E-state index contributed by atoms with van der Waals surface area (Å²) < 4.78 is 2.33. The number of hydrogen-bond acceptors (Lipinski definition) is 1. The van der Waals surface area contributed by atoms with Gasteiger partial charge in [-0.2, -0.15) is 0 Å². The molecule has 2 unspecified atom stereocenters. The standard InChI is InChI=1S/C25H20N2.C7H8.C2H6/c1-26-22-13-7-5-11-18(22)20-16-25-21(15-24(20)26)19-12-6-8-14-23(19)27(25)17-9-3-2-4-10-17;1-7-5-3-2-4-6-7;1-2/h2-16,19,23H,1H3;2-6H,1H3;1-2H3. The predicted octanol–water partition coefficient (Wildman–Crippen LogP) is 9.08. The third-order valence-corrected chi connectivity index (χ3v) is 7.06. The fourth-order valence-corrected chi connectivity index (χ4v) is 5.41. The molecular formula is C34H34N2. The van der Waals surface area contributed by atoms with Gasteiger partial charge in [0.1, 0.15) is 0 Å². The van der Waals surface area contributed by atoms with Crippen molar-refractivity contribution >= 4 is 33.2 Å². The van der Waals surface area contributed by atoms with Crippen molar-refractivity contribution in [2.75, 3.05) is 4.90 Å². The minimum atomic E-state index is 0.343. The van der Waals surface area contributed by atoms with Gasteiger partial charge in [0.05, 0.1) is 6.04 Å². The Balaban J connectivity index is 0.000000255. The smallest absolute Gasteiger partial charge is 0.0629 e. The Morgan fingerprint density at radius 1 is 0.639 bits per heavy atom. The Morgan fingerprint density at radius 3 is 1.97 bits per heavy atom. The van der Waals surface area contributed by atoms with Crippen LogP contribution in [-0.2, 0) is 7.05 Å². The molecule has 5 aromatic rings. The highest BCUT2D eigenvalue weighted by molar-refractivity contribution is 6.10. The second-order valence-electron chi connectivity index (χ2n) is 9.15. The second kappa shape index (κ2) is 10.3. The van der Waals surface area contributed by atoms with Crippen LogP contribution in [0.2, 0.25) is 0 Å². The number of hydrogen-bond donors (Lipinski definition) is 0. The molecule has 0 N–H and O–H groups in total. The Labute approximate surface area is 214 Å². The van der Waals surface area contributed by atoms with E-state index in [1.165, 1.54) is 44.3 Å². The van der Waals surface area contributed by atoms with Crippen LogP contribution >= 0.6 is 0 Å². The fourth-order valence-electron chi connectivity index (χ4n) is 5.41. The predicted molar refractivity (Wildman–Crippen MR) is 156 cm³/mol. The Hall–Kier alpha value is -4.04. The number of fused-ring (bicyclic) bond motifs is 6. The summed E-state index contributed by atoms with van der Waals surface area (Å²) in [6.45, 7) is 6.08. The maximum Gasteiger partial charge on any atom is 0.0629 e. The zero-order valence-corrected chi connectivity index (χ0v) is 21.6. The molecule has 1 aliphatic carbocycles. The van der Waals surface area contributed by atoms with Crippen molar-refractivity contribution in [3.63, 3.8) is 0 Å². The molecule has 1 aromatic heterocycles. The molecule has 2 heterocycles. The quantitative estimate of drug-likeness (QED) is 0.237. The van der Waals surface area contributed by atoms with E-state index < -0.39 is 0 Å². The second-order valence-corrected chi connectivity index (χ2v) is 9.15. The molecule has 36 heavy (non-hydrogen) atoms. The molecule has 0 radical (unpaired) electrons. The zero-order valence-electron chi connectivity index (χ0n) is 21.6. The van der Waals surface area contributed by atoms with Gasteiger partial charge in [-0.05, 0) is 42.8 Å². The summed E-state index contributed by atoms with van der Waals surface area (Å²) >= 11 is 0. The lowest BCUT2D eigenvalue weighted by molar-refractivity contribution is 0.745. The van der Waals surface area contributed by atoms with Gasteiger partial charge in [-0.15, -0.1) is 0 Å². The van der Waals surface area contributed by atoms with E-state index in [1.807, 2.05) is 32.0 Å². The molecule has 2 nitrogen and oxygen atoms in total. The Bertz CT molecular complexity index is 1520. The third kappa shape index (κ3) is 4.13. The van der Waals surface area contributed by atoms with Crippen molar-refractivity contribution in [3.8, 4) is 0 Å². The topological polar surface area (TPSA) is 8.17 Å². The Morgan fingerprint density at radius 2 is 1.28 bits per heavy atom. The highest BCUT2D eigenvalue weighted by atomic mass is 15.2. The minimum Gasteiger partial charge on any atom is -0.344 e. The van der Waals surface area contributed by atoms with Crippen molar-refractivity contribution in [1.82, 2.24) is 4.57 Å². The van der Waals surface area contributed by atoms with E-state index in [-0.39, 0.29) is 0 Å². The number of nitrogens with zero attached hydrogens (tertiary/aromatic N) is 2. The monoisotopic (exact) mass is 470 g/mol. The first kappa shape index (κ1) is 23.7. The summed E-state index contributed by atoms with van der Waals surface area (Å²) in [5.74, 6) is 0.396. The van der Waals surface area contributed by atoms with E-state index in [0.29, 0.717) is 12.0 Å². The zero-order chi connectivity index (χ0) is 25.1. The normalized spacial score (nSPS) is 17.2. The van der Waals surface area contributed by atoms with Gasteiger partial charge in [0.2, 0.25) is 0 Å². The van der Waals surface area contributed by atoms with Crippen LogP contribution in [0.1, 0.15) is 30.9 Å². The van der Waals surface area contributed by atoms with E-state index in [4.69, 9.17) is 0 Å². The molecule has 1 aliphatic heterocycles. The van der Waals surface area contributed by atoms with E-state index in [0.717, 1.165) is 0 Å².